The van der Waals surface area contributed by atoms with Crippen LogP contribution in [0, 0.1) is 0 Å². The minimum atomic E-state index is -1.41. The predicted molar refractivity (Wildman–Crippen MR) is 42.5 cm³/mol. The topological polar surface area (TPSA) is 35.2 Å². The van der Waals surface area contributed by atoms with Gasteiger partial charge in [-0.1, -0.05) is 20.8 Å². The van der Waals surface area contributed by atoms with Crippen molar-refractivity contribution in [3.63, 3.8) is 0 Å². The molecule has 2 nitrogen and oxygen atoms in total. The Balaban J connectivity index is 3.82. The van der Waals surface area contributed by atoms with E-state index in [4.69, 9.17) is 10.4 Å². The van der Waals surface area contributed by atoms with Gasteiger partial charge in [0.25, 0.3) is 0 Å². The summed E-state index contributed by atoms with van der Waals surface area (Å²) in [6.07, 6.45) is 0. The summed E-state index contributed by atoms with van der Waals surface area (Å²) in [7, 11) is -1.41. The maximum atomic E-state index is 5.20. The maximum Gasteiger partial charge on any atom is 0.219 e. The quantitative estimate of drug-likeness (QED) is 0.487. The first-order valence-electron chi connectivity index (χ1n) is 3.62. The molecule has 0 aromatic heterocycles. The van der Waals surface area contributed by atoms with Crippen LogP contribution in [0.25, 0.3) is 0 Å². The van der Waals surface area contributed by atoms with E-state index < -0.39 is 8.32 Å². The van der Waals surface area contributed by atoms with Crippen LogP contribution in [0.1, 0.15) is 20.8 Å². The van der Waals surface area contributed by atoms with Gasteiger partial charge in [0.1, 0.15) is 0 Å². The van der Waals surface area contributed by atoms with Crippen molar-refractivity contribution in [2.75, 3.05) is 0 Å². The molecule has 0 rings (SSSR count). The molecule has 0 aliphatic heterocycles. The lowest BCUT2D eigenvalue weighted by Gasteiger charge is -2.23. The van der Waals surface area contributed by atoms with E-state index in [1.54, 1.807) is 0 Å². The van der Waals surface area contributed by atoms with Gasteiger partial charge in [-0.2, -0.15) is 0 Å². The average Bonchev–Trinajstić information content (AvgIpc) is 1.95. The summed E-state index contributed by atoms with van der Waals surface area (Å²) in [4.78, 5) is 0. The molecular weight excluding hydrogens is 130 g/mol. The molecule has 0 saturated carbocycles. The van der Waals surface area contributed by atoms with Crippen molar-refractivity contribution in [3.8, 4) is 0 Å². The fourth-order valence-corrected chi connectivity index (χ4v) is 3.00. The minimum absolute atomic E-state index is 1.14. The molecule has 0 saturated heterocycles. The monoisotopic (exact) mass is 147 g/mol. The van der Waals surface area contributed by atoms with Crippen LogP contribution >= 0.6 is 0 Å². The molecule has 9 heavy (non-hydrogen) atoms. The van der Waals surface area contributed by atoms with E-state index in [9.17, 15) is 0 Å². The van der Waals surface area contributed by atoms with Crippen molar-refractivity contribution in [1.82, 2.24) is 0 Å². The molecule has 0 aromatic rings. The molecule has 0 unspecified atom stereocenters. The third-order valence-electron chi connectivity index (χ3n) is 2.18. The number of rotatable bonds is 4. The SMILES string of the molecule is CC[Si](CC)(CC)ON. The zero-order chi connectivity index (χ0) is 7.33. The zero-order valence-electron chi connectivity index (χ0n) is 6.61. The molecule has 2 N–H and O–H groups in total. The van der Waals surface area contributed by atoms with Crippen molar-refractivity contribution >= 4 is 8.32 Å². The van der Waals surface area contributed by atoms with Crippen LogP contribution in [0.4, 0.5) is 0 Å². The molecule has 0 atom stereocenters. The lowest BCUT2D eigenvalue weighted by atomic mass is 10.9. The van der Waals surface area contributed by atoms with E-state index in [2.05, 4.69) is 20.8 Å². The summed E-state index contributed by atoms with van der Waals surface area (Å²) in [6.45, 7) is 6.48. The highest BCUT2D eigenvalue weighted by molar-refractivity contribution is 6.73. The summed E-state index contributed by atoms with van der Waals surface area (Å²) >= 11 is 0. The molecule has 0 spiro atoms. The number of hydrogen-bond donors (Lipinski definition) is 1. The highest BCUT2D eigenvalue weighted by atomic mass is 28.4. The van der Waals surface area contributed by atoms with Gasteiger partial charge in [-0.25, -0.2) is 5.90 Å². The second-order valence-electron chi connectivity index (χ2n) is 2.36. The first-order valence-corrected chi connectivity index (χ1v) is 6.15. The van der Waals surface area contributed by atoms with E-state index >= 15 is 0 Å². The Bertz CT molecular complexity index is 55.9. The summed E-state index contributed by atoms with van der Waals surface area (Å²) in [6, 6.07) is 3.41. The smallest absolute Gasteiger partial charge is 0.219 e. The first-order chi connectivity index (χ1) is 4.24. The Labute approximate surface area is 58.5 Å². The summed E-state index contributed by atoms with van der Waals surface area (Å²) < 4.78 is 5.02. The first kappa shape index (κ1) is 9.14. The summed E-state index contributed by atoms with van der Waals surface area (Å²) in [5.74, 6) is 5.20. The lowest BCUT2D eigenvalue weighted by Crippen LogP contribution is -2.38. The highest BCUT2D eigenvalue weighted by Crippen LogP contribution is 2.18. The Morgan fingerprint density at radius 1 is 1.11 bits per heavy atom. The molecule has 0 aliphatic rings. The maximum absolute atomic E-state index is 5.20. The normalized spacial score (nSPS) is 12.0. The van der Waals surface area contributed by atoms with Crippen molar-refractivity contribution in [2.24, 2.45) is 5.90 Å². The van der Waals surface area contributed by atoms with Gasteiger partial charge in [-0.15, -0.1) is 0 Å². The van der Waals surface area contributed by atoms with Crippen molar-refractivity contribution in [3.05, 3.63) is 0 Å². The van der Waals surface area contributed by atoms with Gasteiger partial charge in [-0.05, 0) is 18.1 Å². The highest BCUT2D eigenvalue weighted by Gasteiger charge is 2.27. The Hall–Kier alpha value is 0.137. The molecule has 0 fully saturated rings. The van der Waals surface area contributed by atoms with Gasteiger partial charge >= 0.3 is 0 Å². The molecule has 56 valence electrons. The molecule has 3 heteroatoms. The summed E-state index contributed by atoms with van der Waals surface area (Å²) in [5.41, 5.74) is 0. The molecular formula is C6H17NOSi. The number of hydrogen-bond acceptors (Lipinski definition) is 2. The number of nitrogens with two attached hydrogens (primary N) is 1. The van der Waals surface area contributed by atoms with Gasteiger partial charge in [-0.3, -0.25) is 0 Å². The van der Waals surface area contributed by atoms with Gasteiger partial charge < -0.3 is 4.53 Å². The van der Waals surface area contributed by atoms with E-state index in [0.29, 0.717) is 0 Å². The fourth-order valence-electron chi connectivity index (χ4n) is 1.00. The molecule has 0 bridgehead atoms. The predicted octanol–water partition coefficient (Wildman–Crippen LogP) is 1.88. The molecule has 0 amide bonds. The standard InChI is InChI=1S/C6H17NOSi/c1-4-9(5-2,6-3)8-7/h4-7H2,1-3H3. The van der Waals surface area contributed by atoms with E-state index in [-0.39, 0.29) is 0 Å². The fraction of sp³-hybridized carbons (Fsp3) is 1.00. The van der Waals surface area contributed by atoms with Crippen LogP contribution in [-0.4, -0.2) is 8.32 Å². The Morgan fingerprint density at radius 3 is 1.44 bits per heavy atom. The molecule has 0 aromatic carbocycles. The zero-order valence-corrected chi connectivity index (χ0v) is 7.61. The van der Waals surface area contributed by atoms with Crippen LogP contribution in [0.15, 0.2) is 0 Å². The van der Waals surface area contributed by atoms with Crippen LogP contribution < -0.4 is 5.90 Å². The molecule has 0 aliphatic carbocycles. The Morgan fingerprint density at radius 2 is 1.44 bits per heavy atom. The van der Waals surface area contributed by atoms with Gasteiger partial charge in [0, 0.05) is 0 Å². The van der Waals surface area contributed by atoms with E-state index in [0.717, 1.165) is 18.1 Å². The molecule has 0 radical (unpaired) electrons. The van der Waals surface area contributed by atoms with Crippen LogP contribution in [0.5, 0.6) is 0 Å². The van der Waals surface area contributed by atoms with Gasteiger partial charge in [0.05, 0.1) is 0 Å². The van der Waals surface area contributed by atoms with Gasteiger partial charge in [0.2, 0.25) is 8.32 Å². The largest absolute Gasteiger partial charge is 0.348 e. The third-order valence-corrected chi connectivity index (χ3v) is 6.55. The second-order valence-corrected chi connectivity index (χ2v) is 7.08. The van der Waals surface area contributed by atoms with E-state index in [1.165, 1.54) is 0 Å². The summed E-state index contributed by atoms with van der Waals surface area (Å²) in [5, 5.41) is 0. The molecule has 0 heterocycles. The lowest BCUT2D eigenvalue weighted by molar-refractivity contribution is 0.314. The van der Waals surface area contributed by atoms with Gasteiger partial charge in [0.15, 0.2) is 0 Å². The van der Waals surface area contributed by atoms with Crippen molar-refractivity contribution in [1.29, 1.82) is 0 Å². The minimum Gasteiger partial charge on any atom is -0.348 e. The van der Waals surface area contributed by atoms with Crippen LogP contribution in [0.3, 0.4) is 0 Å². The second kappa shape index (κ2) is 4.03. The van der Waals surface area contributed by atoms with Crippen molar-refractivity contribution < 1.29 is 4.53 Å². The average molecular weight is 147 g/mol. The third kappa shape index (κ3) is 2.08. The van der Waals surface area contributed by atoms with Crippen LogP contribution in [-0.2, 0) is 4.53 Å². The Kier molecular flexibility index (Phi) is 4.09. The van der Waals surface area contributed by atoms with Crippen LogP contribution in [0.2, 0.25) is 18.1 Å². The van der Waals surface area contributed by atoms with Crippen molar-refractivity contribution in [2.45, 2.75) is 38.9 Å². The van der Waals surface area contributed by atoms with E-state index in [1.807, 2.05) is 0 Å².